The number of ether oxygens (including phenoxy) is 1. The molecule has 0 fully saturated rings. The van der Waals surface area contributed by atoms with Gasteiger partial charge in [0.2, 0.25) is 0 Å². The van der Waals surface area contributed by atoms with E-state index in [1.807, 2.05) is 12.1 Å². The van der Waals surface area contributed by atoms with Gasteiger partial charge in [0.15, 0.2) is 0 Å². The van der Waals surface area contributed by atoms with Crippen LogP contribution in [0.15, 0.2) is 57.8 Å². The molecular weight excluding hydrogens is 474 g/mol. The summed E-state index contributed by atoms with van der Waals surface area (Å²) in [7, 11) is 0. The van der Waals surface area contributed by atoms with E-state index >= 15 is 0 Å². The predicted octanol–water partition coefficient (Wildman–Crippen LogP) is 4.59. The number of amides is 1. The summed E-state index contributed by atoms with van der Waals surface area (Å²) in [5.74, 6) is -1.15. The van der Waals surface area contributed by atoms with Crippen molar-refractivity contribution in [2.45, 2.75) is 26.6 Å². The van der Waals surface area contributed by atoms with E-state index in [2.05, 4.69) is 21.2 Å². The number of aromatic nitrogens is 1. The Hall–Kier alpha value is -3.20. The second-order valence-corrected chi connectivity index (χ2v) is 7.65. The van der Waals surface area contributed by atoms with Gasteiger partial charge in [-0.15, -0.1) is 0 Å². The zero-order chi connectivity index (χ0) is 22.5. The van der Waals surface area contributed by atoms with Crippen LogP contribution in [-0.4, -0.2) is 15.8 Å². The van der Waals surface area contributed by atoms with Crippen LogP contribution in [0.4, 0.5) is 13.6 Å². The lowest BCUT2D eigenvalue weighted by Crippen LogP contribution is -2.24. The molecule has 0 saturated carbocycles. The molecule has 31 heavy (non-hydrogen) atoms. The molecular formula is C22H19BrF2N2O4. The number of rotatable bonds is 7. The maximum Gasteiger partial charge on any atom is 0.404 e. The van der Waals surface area contributed by atoms with Gasteiger partial charge in [0.25, 0.3) is 5.56 Å². The number of hydrogen-bond acceptors (Lipinski definition) is 3. The van der Waals surface area contributed by atoms with E-state index in [9.17, 15) is 18.4 Å². The lowest BCUT2D eigenvalue weighted by molar-refractivity contribution is 0.194. The molecule has 0 bridgehead atoms. The van der Waals surface area contributed by atoms with Crippen molar-refractivity contribution in [1.29, 1.82) is 0 Å². The molecule has 0 atom stereocenters. The Morgan fingerprint density at radius 1 is 1.16 bits per heavy atom. The van der Waals surface area contributed by atoms with Crippen molar-refractivity contribution < 1.29 is 23.4 Å². The molecule has 1 aromatic heterocycles. The zero-order valence-electron chi connectivity index (χ0n) is 16.5. The van der Waals surface area contributed by atoms with Gasteiger partial charge in [-0.1, -0.05) is 24.3 Å². The highest BCUT2D eigenvalue weighted by Gasteiger charge is 2.14. The van der Waals surface area contributed by atoms with E-state index in [0.717, 1.165) is 23.3 Å². The first-order valence-corrected chi connectivity index (χ1v) is 10.0. The van der Waals surface area contributed by atoms with Crippen molar-refractivity contribution in [3.63, 3.8) is 0 Å². The lowest BCUT2D eigenvalue weighted by atomic mass is 10.1. The molecule has 162 valence electrons. The third-order valence-corrected chi connectivity index (χ3v) is 5.32. The van der Waals surface area contributed by atoms with Gasteiger partial charge < -0.3 is 19.7 Å². The topological polar surface area (TPSA) is 80.6 Å². The van der Waals surface area contributed by atoms with Crippen molar-refractivity contribution in [3.05, 3.63) is 97.4 Å². The number of benzene rings is 2. The Balaban J connectivity index is 1.79. The van der Waals surface area contributed by atoms with Crippen LogP contribution >= 0.6 is 15.9 Å². The molecule has 2 N–H and O–H groups in total. The van der Waals surface area contributed by atoms with Gasteiger partial charge in [-0.25, -0.2) is 13.6 Å². The number of carboxylic acid groups (broad SMARTS) is 1. The summed E-state index contributed by atoms with van der Waals surface area (Å²) in [6, 6.07) is 12.1. The van der Waals surface area contributed by atoms with Crippen molar-refractivity contribution >= 4 is 22.0 Å². The molecule has 1 amide bonds. The zero-order valence-corrected chi connectivity index (χ0v) is 18.1. The van der Waals surface area contributed by atoms with Crippen LogP contribution in [0.1, 0.15) is 22.4 Å². The molecule has 0 aliphatic rings. The number of halogens is 3. The van der Waals surface area contributed by atoms with Gasteiger partial charge in [0, 0.05) is 29.9 Å². The summed E-state index contributed by atoms with van der Waals surface area (Å²) >= 11 is 3.25. The van der Waals surface area contributed by atoms with Crippen LogP contribution < -0.4 is 15.6 Å². The highest BCUT2D eigenvalue weighted by atomic mass is 79.9. The second kappa shape index (κ2) is 9.74. The number of nitrogens with zero attached hydrogens (tertiary/aromatic N) is 1. The van der Waals surface area contributed by atoms with Gasteiger partial charge >= 0.3 is 6.09 Å². The van der Waals surface area contributed by atoms with E-state index in [4.69, 9.17) is 9.84 Å². The van der Waals surface area contributed by atoms with E-state index in [1.165, 1.54) is 6.07 Å². The quantitative estimate of drug-likeness (QED) is 0.505. The average Bonchev–Trinajstić information content (AvgIpc) is 2.72. The minimum absolute atomic E-state index is 0.160. The van der Waals surface area contributed by atoms with Crippen LogP contribution in [-0.2, 0) is 19.7 Å². The Morgan fingerprint density at radius 3 is 2.61 bits per heavy atom. The largest absolute Gasteiger partial charge is 0.487 e. The fraction of sp³-hybridized carbons (Fsp3) is 0.182. The summed E-state index contributed by atoms with van der Waals surface area (Å²) in [5, 5.41) is 11.0. The summed E-state index contributed by atoms with van der Waals surface area (Å²) < 4.78 is 34.2. The van der Waals surface area contributed by atoms with Gasteiger partial charge in [-0.3, -0.25) is 4.79 Å². The van der Waals surface area contributed by atoms with Crippen molar-refractivity contribution in [1.82, 2.24) is 9.88 Å². The number of carbonyl (C=O) groups is 1. The maximum absolute atomic E-state index is 13.8. The molecule has 3 rings (SSSR count). The SMILES string of the molecule is Cc1cc(OCc2ccc(F)cc2F)c(Br)c(=O)n1Cc1cccc(CNC(=O)O)c1. The Morgan fingerprint density at radius 2 is 1.90 bits per heavy atom. The molecule has 6 nitrogen and oxygen atoms in total. The van der Waals surface area contributed by atoms with Gasteiger partial charge in [0.05, 0.1) is 6.54 Å². The highest BCUT2D eigenvalue weighted by molar-refractivity contribution is 9.10. The third kappa shape index (κ3) is 5.69. The van der Waals surface area contributed by atoms with Gasteiger partial charge in [0.1, 0.15) is 28.5 Å². The second-order valence-electron chi connectivity index (χ2n) is 6.86. The molecule has 3 aromatic rings. The van der Waals surface area contributed by atoms with Gasteiger partial charge in [-0.2, -0.15) is 0 Å². The fourth-order valence-electron chi connectivity index (χ4n) is 3.01. The minimum Gasteiger partial charge on any atom is -0.487 e. The lowest BCUT2D eigenvalue weighted by Gasteiger charge is -2.15. The first-order valence-electron chi connectivity index (χ1n) is 9.26. The standard InChI is InChI=1S/C22H19BrF2N2O4/c1-13-7-19(31-12-16-5-6-17(24)9-18(16)25)20(23)21(28)27(13)11-15-4-2-3-14(8-15)10-26-22(29)30/h2-9,26H,10-12H2,1H3,(H,29,30). The molecule has 9 heteroatoms. The monoisotopic (exact) mass is 492 g/mol. The number of pyridine rings is 1. The Labute approximate surface area is 185 Å². The number of hydrogen-bond donors (Lipinski definition) is 2. The summed E-state index contributed by atoms with van der Waals surface area (Å²) in [6.45, 7) is 2.02. The maximum atomic E-state index is 13.8. The van der Waals surface area contributed by atoms with Crippen molar-refractivity contribution in [2.75, 3.05) is 0 Å². The molecule has 0 spiro atoms. The number of nitrogens with one attached hydrogen (secondary N) is 1. The average molecular weight is 493 g/mol. The molecule has 0 unspecified atom stereocenters. The predicted molar refractivity (Wildman–Crippen MR) is 114 cm³/mol. The highest BCUT2D eigenvalue weighted by Crippen LogP contribution is 2.24. The Bertz CT molecular complexity index is 1180. The summed E-state index contributed by atoms with van der Waals surface area (Å²) in [4.78, 5) is 23.5. The van der Waals surface area contributed by atoms with Crippen LogP contribution in [0.3, 0.4) is 0 Å². The summed E-state index contributed by atoms with van der Waals surface area (Å²) in [6.07, 6.45) is -1.11. The Kier molecular flexibility index (Phi) is 7.06. The van der Waals surface area contributed by atoms with E-state index in [0.29, 0.717) is 5.69 Å². The number of aryl methyl sites for hydroxylation is 1. The van der Waals surface area contributed by atoms with Crippen molar-refractivity contribution in [3.8, 4) is 5.75 Å². The molecule has 0 aliphatic heterocycles. The molecule has 0 aliphatic carbocycles. The molecule has 0 saturated heterocycles. The smallest absolute Gasteiger partial charge is 0.404 e. The van der Waals surface area contributed by atoms with Crippen molar-refractivity contribution in [2.24, 2.45) is 0 Å². The third-order valence-electron chi connectivity index (χ3n) is 4.59. The fourth-order valence-corrected chi connectivity index (χ4v) is 3.45. The van der Waals surface area contributed by atoms with Crippen LogP contribution in [0.5, 0.6) is 5.75 Å². The van der Waals surface area contributed by atoms with Crippen LogP contribution in [0.2, 0.25) is 0 Å². The van der Waals surface area contributed by atoms with Crippen LogP contribution in [0.25, 0.3) is 0 Å². The normalized spacial score (nSPS) is 10.7. The van der Waals surface area contributed by atoms with E-state index in [1.54, 1.807) is 29.7 Å². The van der Waals surface area contributed by atoms with E-state index in [-0.39, 0.29) is 41.0 Å². The first-order chi connectivity index (χ1) is 14.7. The van der Waals surface area contributed by atoms with E-state index < -0.39 is 17.7 Å². The minimum atomic E-state index is -1.11. The molecule has 0 radical (unpaired) electrons. The molecule has 1 heterocycles. The van der Waals surface area contributed by atoms with Crippen LogP contribution in [0, 0.1) is 18.6 Å². The first kappa shape index (κ1) is 22.5. The van der Waals surface area contributed by atoms with Gasteiger partial charge in [-0.05, 0) is 46.1 Å². The summed E-state index contributed by atoms with van der Waals surface area (Å²) in [5.41, 5.74) is 2.05. The molecule has 2 aromatic carbocycles.